The molecule has 8 heteroatoms. The lowest BCUT2D eigenvalue weighted by molar-refractivity contribution is -0.143. The third kappa shape index (κ3) is 4.48. The Kier molecular flexibility index (Phi) is 5.77. The summed E-state index contributed by atoms with van der Waals surface area (Å²) in [5.41, 5.74) is 0.479. The second-order valence-electron chi connectivity index (χ2n) is 8.93. The van der Waals surface area contributed by atoms with Crippen LogP contribution in [0.1, 0.15) is 45.2 Å². The Bertz CT molecular complexity index is 799. The summed E-state index contributed by atoms with van der Waals surface area (Å²) in [5, 5.41) is 0. The van der Waals surface area contributed by atoms with Crippen molar-refractivity contribution in [2.24, 2.45) is 0 Å². The van der Waals surface area contributed by atoms with Gasteiger partial charge in [-0.05, 0) is 39.7 Å². The van der Waals surface area contributed by atoms with Gasteiger partial charge >= 0.3 is 6.09 Å². The average Bonchev–Trinajstić information content (AvgIpc) is 3.14. The van der Waals surface area contributed by atoms with E-state index >= 15 is 0 Å². The lowest BCUT2D eigenvalue weighted by Gasteiger charge is -2.39. The summed E-state index contributed by atoms with van der Waals surface area (Å²) in [5.74, 6) is 1.45. The van der Waals surface area contributed by atoms with Crippen molar-refractivity contribution in [3.05, 3.63) is 23.8 Å². The Balaban J connectivity index is 1.30. The minimum absolute atomic E-state index is 0.00963. The van der Waals surface area contributed by atoms with Crippen LogP contribution in [0.5, 0.6) is 11.5 Å². The van der Waals surface area contributed by atoms with Crippen LogP contribution in [0.15, 0.2) is 18.2 Å². The Morgan fingerprint density at radius 1 is 1.17 bits per heavy atom. The molecule has 0 bridgehead atoms. The van der Waals surface area contributed by atoms with Crippen molar-refractivity contribution in [2.75, 3.05) is 39.5 Å². The van der Waals surface area contributed by atoms with E-state index in [0.29, 0.717) is 32.8 Å². The number of carbonyl (C=O) groups excluding carboxylic acids is 2. The van der Waals surface area contributed by atoms with E-state index in [1.807, 2.05) is 43.9 Å². The van der Waals surface area contributed by atoms with Gasteiger partial charge in [-0.25, -0.2) is 4.79 Å². The molecule has 30 heavy (non-hydrogen) atoms. The first kappa shape index (κ1) is 20.8. The molecule has 2 saturated heterocycles. The van der Waals surface area contributed by atoms with Crippen molar-refractivity contribution in [1.82, 2.24) is 9.80 Å². The van der Waals surface area contributed by atoms with E-state index in [2.05, 4.69) is 0 Å². The highest BCUT2D eigenvalue weighted by atomic mass is 16.6. The molecule has 3 heterocycles. The fourth-order valence-electron chi connectivity index (χ4n) is 4.04. The van der Waals surface area contributed by atoms with E-state index in [4.69, 9.17) is 18.9 Å². The minimum Gasteiger partial charge on any atom is -0.486 e. The normalized spacial score (nSPS) is 21.4. The van der Waals surface area contributed by atoms with Gasteiger partial charge in [-0.3, -0.25) is 4.79 Å². The van der Waals surface area contributed by atoms with Crippen LogP contribution in [-0.4, -0.2) is 73.0 Å². The molecular weight excluding hydrogens is 388 g/mol. The van der Waals surface area contributed by atoms with Crippen LogP contribution < -0.4 is 9.47 Å². The molecule has 3 aliphatic heterocycles. The maximum Gasteiger partial charge on any atom is 0.410 e. The maximum absolute atomic E-state index is 12.9. The van der Waals surface area contributed by atoms with E-state index in [1.54, 1.807) is 4.90 Å². The van der Waals surface area contributed by atoms with Crippen molar-refractivity contribution in [1.29, 1.82) is 0 Å². The van der Waals surface area contributed by atoms with Crippen LogP contribution >= 0.6 is 0 Å². The topological polar surface area (TPSA) is 77.5 Å². The molecule has 4 rings (SSSR count). The van der Waals surface area contributed by atoms with Gasteiger partial charge in [0.05, 0.1) is 25.2 Å². The fraction of sp³-hybridized carbons (Fsp3) is 0.636. The molecule has 0 saturated carbocycles. The predicted octanol–water partition coefficient (Wildman–Crippen LogP) is 2.76. The van der Waals surface area contributed by atoms with Crippen molar-refractivity contribution in [3.8, 4) is 11.5 Å². The van der Waals surface area contributed by atoms with E-state index < -0.39 is 5.60 Å². The van der Waals surface area contributed by atoms with Crippen LogP contribution in [0, 0.1) is 0 Å². The Morgan fingerprint density at radius 2 is 1.93 bits per heavy atom. The highest BCUT2D eigenvalue weighted by Crippen LogP contribution is 2.42. The van der Waals surface area contributed by atoms with Gasteiger partial charge in [0.2, 0.25) is 5.91 Å². The molecular formula is C22H30N2O6. The maximum atomic E-state index is 12.9. The molecule has 164 valence electrons. The Labute approximate surface area is 177 Å². The summed E-state index contributed by atoms with van der Waals surface area (Å²) in [6, 6.07) is 5.82. The molecule has 0 spiro atoms. The summed E-state index contributed by atoms with van der Waals surface area (Å²) in [6.07, 6.45) is 1.35. The van der Waals surface area contributed by atoms with Gasteiger partial charge in [0, 0.05) is 12.1 Å². The van der Waals surface area contributed by atoms with Crippen molar-refractivity contribution in [3.63, 3.8) is 0 Å². The summed E-state index contributed by atoms with van der Waals surface area (Å²) >= 11 is 0. The Morgan fingerprint density at radius 3 is 2.70 bits per heavy atom. The molecule has 0 aromatic heterocycles. The van der Waals surface area contributed by atoms with Crippen LogP contribution in [0.3, 0.4) is 0 Å². The number of amides is 2. The minimum atomic E-state index is -0.519. The standard InChI is InChI=1S/C22H30N2O6/c1-22(2,3)30-21(26)23-12-15(13-23)29-14-19(25)24-9-5-7-17(24)16-6-4-8-18-20(16)28-11-10-27-18/h4,6,8,15,17H,5,7,9-14H2,1-3H3. The van der Waals surface area contributed by atoms with Gasteiger partial charge in [0.1, 0.15) is 25.4 Å². The van der Waals surface area contributed by atoms with Crippen molar-refractivity contribution < 1.29 is 28.5 Å². The van der Waals surface area contributed by atoms with E-state index in [-0.39, 0.29) is 30.8 Å². The highest BCUT2D eigenvalue weighted by molar-refractivity contribution is 5.78. The van der Waals surface area contributed by atoms with E-state index in [1.165, 1.54) is 0 Å². The quantitative estimate of drug-likeness (QED) is 0.748. The summed E-state index contributed by atoms with van der Waals surface area (Å²) in [6.45, 7) is 8.18. The van der Waals surface area contributed by atoms with Crippen LogP contribution in [0.25, 0.3) is 0 Å². The number of hydrogen-bond acceptors (Lipinski definition) is 6. The molecule has 1 aromatic rings. The lowest BCUT2D eigenvalue weighted by atomic mass is 10.0. The number of rotatable bonds is 4. The number of fused-ring (bicyclic) bond motifs is 1. The van der Waals surface area contributed by atoms with Crippen molar-refractivity contribution >= 4 is 12.0 Å². The smallest absolute Gasteiger partial charge is 0.410 e. The average molecular weight is 418 g/mol. The van der Waals surface area contributed by atoms with Crippen molar-refractivity contribution in [2.45, 2.75) is 51.4 Å². The summed E-state index contributed by atoms with van der Waals surface area (Å²) in [7, 11) is 0. The molecule has 0 radical (unpaired) electrons. The zero-order valence-electron chi connectivity index (χ0n) is 17.9. The first-order valence-electron chi connectivity index (χ1n) is 10.6. The number of hydrogen-bond donors (Lipinski definition) is 0. The third-order valence-electron chi connectivity index (χ3n) is 5.47. The van der Waals surface area contributed by atoms with Gasteiger partial charge in [0.15, 0.2) is 11.5 Å². The number of likely N-dealkylation sites (tertiary alicyclic amines) is 2. The van der Waals surface area contributed by atoms with Crippen LogP contribution in [0.2, 0.25) is 0 Å². The number of benzene rings is 1. The SMILES string of the molecule is CC(C)(C)OC(=O)N1CC(OCC(=O)N2CCCC2c2cccc3c2OCCO3)C1. The van der Waals surface area contributed by atoms with Crippen LogP contribution in [-0.2, 0) is 14.3 Å². The molecule has 8 nitrogen and oxygen atoms in total. The molecule has 1 unspecified atom stereocenters. The fourth-order valence-corrected chi connectivity index (χ4v) is 4.04. The largest absolute Gasteiger partial charge is 0.486 e. The zero-order chi connectivity index (χ0) is 21.3. The third-order valence-corrected chi connectivity index (χ3v) is 5.47. The molecule has 2 fully saturated rings. The van der Waals surface area contributed by atoms with Gasteiger partial charge in [0.25, 0.3) is 0 Å². The summed E-state index contributed by atoms with van der Waals surface area (Å²) < 4.78 is 22.6. The highest BCUT2D eigenvalue weighted by Gasteiger charge is 2.37. The second kappa shape index (κ2) is 8.34. The van der Waals surface area contributed by atoms with E-state index in [9.17, 15) is 9.59 Å². The molecule has 3 aliphatic rings. The first-order chi connectivity index (χ1) is 14.3. The second-order valence-corrected chi connectivity index (χ2v) is 8.93. The van der Waals surface area contributed by atoms with Gasteiger partial charge in [-0.15, -0.1) is 0 Å². The molecule has 1 atom stereocenters. The molecule has 1 aromatic carbocycles. The zero-order valence-corrected chi connectivity index (χ0v) is 17.9. The number of nitrogens with zero attached hydrogens (tertiary/aromatic N) is 2. The lowest BCUT2D eigenvalue weighted by Crippen LogP contribution is -2.56. The number of ether oxygens (including phenoxy) is 4. The molecule has 0 aliphatic carbocycles. The first-order valence-corrected chi connectivity index (χ1v) is 10.6. The van der Waals surface area contributed by atoms with Gasteiger partial charge < -0.3 is 28.7 Å². The van der Waals surface area contributed by atoms with Crippen LogP contribution in [0.4, 0.5) is 4.79 Å². The monoisotopic (exact) mass is 418 g/mol. The van der Waals surface area contributed by atoms with Gasteiger partial charge in [-0.1, -0.05) is 12.1 Å². The predicted molar refractivity (Wildman–Crippen MR) is 109 cm³/mol. The summed E-state index contributed by atoms with van der Waals surface area (Å²) in [4.78, 5) is 28.3. The molecule has 0 N–H and O–H groups in total. The van der Waals surface area contributed by atoms with Gasteiger partial charge in [-0.2, -0.15) is 0 Å². The number of carbonyl (C=O) groups is 2. The number of para-hydroxylation sites is 1. The molecule has 2 amide bonds. The van der Waals surface area contributed by atoms with E-state index in [0.717, 1.165) is 29.9 Å². The Hall–Kier alpha value is -2.48.